The SMILES string of the molecule is CCCN(CCCCN1C(=O)C2(CCCCC2)C2(OC(=O)C(=O)O2)C1=O)C1COc2cccc(OC)c2C1. The van der Waals surface area contributed by atoms with Crippen LogP contribution in [0, 0.1) is 5.41 Å². The molecule has 3 aliphatic heterocycles. The first-order chi connectivity index (χ1) is 18.4. The summed E-state index contributed by atoms with van der Waals surface area (Å²) in [5.41, 5.74) is -0.242. The molecule has 1 aromatic carbocycles. The number of likely N-dealkylation sites (tertiary alicyclic amines) is 1. The molecule has 10 heteroatoms. The number of carbonyl (C=O) groups is 4. The summed E-state index contributed by atoms with van der Waals surface area (Å²) in [6.07, 6.45) is 6.17. The third kappa shape index (κ3) is 4.22. The summed E-state index contributed by atoms with van der Waals surface area (Å²) in [5.74, 6) is -3.98. The van der Waals surface area contributed by atoms with Gasteiger partial charge in [0.2, 0.25) is 5.91 Å². The standard InChI is InChI=1S/C28H36N2O8/c1-3-14-29(19-17-20-21(35-2)10-9-11-22(20)36-18-19)15-7-8-16-30-25(33)27(12-5-4-6-13-27)28(26(30)34)37-23(31)24(32)38-28/h9-11,19H,3-8,12-18H2,1-2H3. The highest BCUT2D eigenvalue weighted by molar-refractivity contribution is 6.33. The molecular weight excluding hydrogens is 492 g/mol. The number of imide groups is 1. The lowest BCUT2D eigenvalue weighted by Gasteiger charge is -2.37. The average Bonchev–Trinajstić information content (AvgIpc) is 3.32. The number of fused-ring (bicyclic) bond motifs is 2. The molecule has 0 radical (unpaired) electrons. The molecule has 1 aliphatic carbocycles. The van der Waals surface area contributed by atoms with Crippen LogP contribution >= 0.6 is 0 Å². The van der Waals surface area contributed by atoms with Crippen LogP contribution in [-0.4, -0.2) is 78.7 Å². The number of nitrogens with zero attached hydrogens (tertiary/aromatic N) is 2. The fourth-order valence-electron chi connectivity index (χ4n) is 6.56. The zero-order valence-corrected chi connectivity index (χ0v) is 22.2. The van der Waals surface area contributed by atoms with E-state index in [-0.39, 0.29) is 18.5 Å². The molecule has 38 heavy (non-hydrogen) atoms. The smallest absolute Gasteiger partial charge is 0.421 e. The van der Waals surface area contributed by atoms with E-state index in [1.54, 1.807) is 7.11 Å². The van der Waals surface area contributed by atoms with Gasteiger partial charge in [0.1, 0.15) is 23.5 Å². The number of hydrogen-bond acceptors (Lipinski definition) is 9. The van der Waals surface area contributed by atoms with Gasteiger partial charge in [-0.05, 0) is 63.7 Å². The van der Waals surface area contributed by atoms with E-state index in [1.165, 1.54) is 0 Å². The Morgan fingerprint density at radius 3 is 2.42 bits per heavy atom. The van der Waals surface area contributed by atoms with Crippen molar-refractivity contribution in [2.75, 3.05) is 33.4 Å². The van der Waals surface area contributed by atoms with E-state index >= 15 is 0 Å². The molecule has 5 rings (SSSR count). The van der Waals surface area contributed by atoms with Crippen molar-refractivity contribution in [2.45, 2.75) is 76.5 Å². The number of unbranched alkanes of at least 4 members (excludes halogenated alkanes) is 1. The fraction of sp³-hybridized carbons (Fsp3) is 0.643. The molecule has 1 unspecified atom stereocenters. The van der Waals surface area contributed by atoms with Gasteiger partial charge < -0.3 is 18.9 Å². The van der Waals surface area contributed by atoms with Crippen LogP contribution in [0.1, 0.15) is 63.9 Å². The third-order valence-electron chi connectivity index (χ3n) is 8.44. The van der Waals surface area contributed by atoms with Crippen LogP contribution in [0.2, 0.25) is 0 Å². The molecule has 2 saturated heterocycles. The quantitative estimate of drug-likeness (QED) is 0.207. The van der Waals surface area contributed by atoms with Crippen LogP contribution in [0.25, 0.3) is 0 Å². The van der Waals surface area contributed by atoms with Gasteiger partial charge in [0.25, 0.3) is 0 Å². The zero-order valence-electron chi connectivity index (χ0n) is 22.2. The number of ether oxygens (including phenoxy) is 4. The van der Waals surface area contributed by atoms with Gasteiger partial charge in [0, 0.05) is 18.2 Å². The summed E-state index contributed by atoms with van der Waals surface area (Å²) in [4.78, 5) is 54.6. The Labute approximate surface area is 222 Å². The van der Waals surface area contributed by atoms with E-state index in [0.29, 0.717) is 38.7 Å². The Balaban J connectivity index is 1.23. The van der Waals surface area contributed by atoms with Crippen molar-refractivity contribution in [2.24, 2.45) is 5.41 Å². The van der Waals surface area contributed by atoms with E-state index in [9.17, 15) is 19.2 Å². The van der Waals surface area contributed by atoms with Crippen molar-refractivity contribution in [1.29, 1.82) is 0 Å². The zero-order chi connectivity index (χ0) is 26.9. The molecular formula is C28H36N2O8. The Morgan fingerprint density at radius 1 is 1.00 bits per heavy atom. The van der Waals surface area contributed by atoms with Gasteiger partial charge in [0.05, 0.1) is 7.11 Å². The molecule has 0 bridgehead atoms. The summed E-state index contributed by atoms with van der Waals surface area (Å²) in [6, 6.07) is 6.04. The van der Waals surface area contributed by atoms with Crippen LogP contribution in [0.5, 0.6) is 11.5 Å². The topological polar surface area (TPSA) is 112 Å². The predicted molar refractivity (Wildman–Crippen MR) is 134 cm³/mol. The van der Waals surface area contributed by atoms with Gasteiger partial charge in [-0.2, -0.15) is 0 Å². The minimum Gasteiger partial charge on any atom is -0.496 e. The summed E-state index contributed by atoms with van der Waals surface area (Å²) in [5, 5.41) is 0. The van der Waals surface area contributed by atoms with Crippen molar-refractivity contribution in [3.8, 4) is 11.5 Å². The molecule has 2 spiro atoms. The van der Waals surface area contributed by atoms with Crippen molar-refractivity contribution < 1.29 is 38.1 Å². The number of amides is 2. The van der Waals surface area contributed by atoms with Gasteiger partial charge in [0.15, 0.2) is 0 Å². The van der Waals surface area contributed by atoms with Gasteiger partial charge >= 0.3 is 23.6 Å². The van der Waals surface area contributed by atoms with Crippen molar-refractivity contribution in [3.05, 3.63) is 23.8 Å². The average molecular weight is 529 g/mol. The summed E-state index contributed by atoms with van der Waals surface area (Å²) in [6.45, 7) is 4.60. The number of benzene rings is 1. The normalized spacial score (nSPS) is 23.6. The second-order valence-electron chi connectivity index (χ2n) is 10.6. The number of hydrogen-bond donors (Lipinski definition) is 0. The molecule has 0 N–H and O–H groups in total. The van der Waals surface area contributed by atoms with Gasteiger partial charge in [-0.3, -0.25) is 19.4 Å². The predicted octanol–water partition coefficient (Wildman–Crippen LogP) is 2.61. The van der Waals surface area contributed by atoms with Crippen LogP contribution in [0.3, 0.4) is 0 Å². The maximum atomic E-state index is 13.6. The highest BCUT2D eigenvalue weighted by Crippen LogP contribution is 2.55. The van der Waals surface area contributed by atoms with Gasteiger partial charge in [-0.25, -0.2) is 9.59 Å². The number of esters is 2. The van der Waals surface area contributed by atoms with E-state index < -0.39 is 29.0 Å². The molecule has 3 heterocycles. The van der Waals surface area contributed by atoms with Crippen molar-refractivity contribution in [3.63, 3.8) is 0 Å². The molecule has 1 atom stereocenters. The van der Waals surface area contributed by atoms with Crippen LogP contribution < -0.4 is 9.47 Å². The minimum absolute atomic E-state index is 0.189. The van der Waals surface area contributed by atoms with E-state index in [4.69, 9.17) is 18.9 Å². The van der Waals surface area contributed by atoms with E-state index in [0.717, 1.165) is 60.7 Å². The molecule has 2 amide bonds. The highest BCUT2D eigenvalue weighted by Gasteiger charge is 2.77. The number of methoxy groups -OCH3 is 1. The number of carbonyl (C=O) groups excluding carboxylic acids is 4. The maximum Gasteiger partial charge on any atom is 0.421 e. The second kappa shape index (κ2) is 10.6. The largest absolute Gasteiger partial charge is 0.496 e. The molecule has 3 fully saturated rings. The van der Waals surface area contributed by atoms with Crippen molar-refractivity contribution >= 4 is 23.8 Å². The maximum absolute atomic E-state index is 13.6. The van der Waals surface area contributed by atoms with E-state index in [1.807, 2.05) is 18.2 Å². The summed E-state index contributed by atoms with van der Waals surface area (Å²) in [7, 11) is 1.67. The first-order valence-corrected chi connectivity index (χ1v) is 13.7. The molecule has 0 aromatic heterocycles. The minimum atomic E-state index is -2.14. The van der Waals surface area contributed by atoms with Crippen LogP contribution in [0.15, 0.2) is 18.2 Å². The van der Waals surface area contributed by atoms with Gasteiger partial charge in [-0.15, -0.1) is 0 Å². The molecule has 1 aromatic rings. The fourth-order valence-corrected chi connectivity index (χ4v) is 6.56. The monoisotopic (exact) mass is 528 g/mol. The van der Waals surface area contributed by atoms with Crippen molar-refractivity contribution in [1.82, 2.24) is 9.80 Å². The third-order valence-corrected chi connectivity index (χ3v) is 8.44. The Kier molecular flexibility index (Phi) is 7.35. The molecule has 1 saturated carbocycles. The lowest BCUT2D eigenvalue weighted by Crippen LogP contribution is -2.53. The Morgan fingerprint density at radius 2 is 1.74 bits per heavy atom. The molecule has 206 valence electrons. The number of rotatable bonds is 9. The highest BCUT2D eigenvalue weighted by atomic mass is 16.8. The van der Waals surface area contributed by atoms with Gasteiger partial charge in [-0.1, -0.05) is 32.3 Å². The van der Waals surface area contributed by atoms with Crippen LogP contribution in [0.4, 0.5) is 0 Å². The summed E-state index contributed by atoms with van der Waals surface area (Å²) >= 11 is 0. The van der Waals surface area contributed by atoms with Crippen LogP contribution in [-0.2, 0) is 35.1 Å². The Bertz CT molecular complexity index is 1080. The second-order valence-corrected chi connectivity index (χ2v) is 10.6. The Hall–Kier alpha value is -3.14. The first-order valence-electron chi connectivity index (χ1n) is 13.7. The van der Waals surface area contributed by atoms with E-state index in [2.05, 4.69) is 11.8 Å². The lowest BCUT2D eigenvalue weighted by atomic mass is 9.69. The molecule has 4 aliphatic rings. The summed E-state index contributed by atoms with van der Waals surface area (Å²) < 4.78 is 22.2. The molecule has 10 nitrogen and oxygen atoms in total. The first kappa shape index (κ1) is 26.5. The lowest BCUT2D eigenvalue weighted by molar-refractivity contribution is -0.220.